The Labute approximate surface area is 136 Å². The van der Waals surface area contributed by atoms with Crippen LogP contribution in [0.2, 0.25) is 5.02 Å². The van der Waals surface area contributed by atoms with Crippen LogP contribution >= 0.6 is 11.6 Å². The van der Waals surface area contributed by atoms with E-state index >= 15 is 0 Å². The largest absolute Gasteiger partial charge is 0.463 e. The zero-order valence-electron chi connectivity index (χ0n) is 12.7. The van der Waals surface area contributed by atoms with Crippen LogP contribution < -0.4 is 4.74 Å². The van der Waals surface area contributed by atoms with Gasteiger partial charge in [0, 0.05) is 17.2 Å². The molecule has 0 atom stereocenters. The lowest BCUT2D eigenvalue weighted by Gasteiger charge is -2.02. The van der Waals surface area contributed by atoms with Crippen LogP contribution in [-0.2, 0) is 14.3 Å². The van der Waals surface area contributed by atoms with Crippen LogP contribution in [0.1, 0.15) is 39.0 Å². The maximum absolute atomic E-state index is 11.5. The van der Waals surface area contributed by atoms with Gasteiger partial charge in [-0.25, -0.2) is 9.59 Å². The number of ether oxygens (including phenoxy) is 2. The Balaban J connectivity index is 2.21. The number of halogens is 1. The number of hydrogen-bond acceptors (Lipinski definition) is 4. The number of unbranched alkanes of at least 4 members (excludes halogenated alkanes) is 4. The van der Waals surface area contributed by atoms with Gasteiger partial charge < -0.3 is 9.47 Å². The molecule has 0 aromatic heterocycles. The van der Waals surface area contributed by atoms with Crippen molar-refractivity contribution >= 4 is 23.5 Å². The molecule has 0 unspecified atom stereocenters. The Morgan fingerprint density at radius 2 is 1.64 bits per heavy atom. The molecule has 1 aromatic rings. The van der Waals surface area contributed by atoms with E-state index < -0.39 is 11.9 Å². The molecule has 0 aliphatic carbocycles. The van der Waals surface area contributed by atoms with E-state index in [1.54, 1.807) is 24.3 Å². The first-order valence-corrected chi connectivity index (χ1v) is 7.82. The molecule has 1 aromatic carbocycles. The van der Waals surface area contributed by atoms with Gasteiger partial charge in [-0.3, -0.25) is 0 Å². The SMILES string of the molecule is CCCCCCCOC(=O)/C=C/C(=O)Oc1ccc(Cl)cc1. The smallest absolute Gasteiger partial charge is 0.336 e. The van der Waals surface area contributed by atoms with Crippen molar-refractivity contribution in [3.8, 4) is 5.75 Å². The molecule has 0 aliphatic heterocycles. The number of rotatable bonds is 9. The summed E-state index contributed by atoms with van der Waals surface area (Å²) in [5, 5.41) is 0.554. The van der Waals surface area contributed by atoms with Gasteiger partial charge in [-0.2, -0.15) is 0 Å². The standard InChI is InChI=1S/C17H21ClO4/c1-2-3-4-5-6-13-21-16(19)11-12-17(20)22-15-9-7-14(18)8-10-15/h7-12H,2-6,13H2,1H3/b12-11+. The maximum atomic E-state index is 11.5. The van der Waals surface area contributed by atoms with E-state index in [9.17, 15) is 9.59 Å². The number of carbonyl (C=O) groups excluding carboxylic acids is 2. The fraction of sp³-hybridized carbons (Fsp3) is 0.412. The molecular weight excluding hydrogens is 304 g/mol. The molecule has 0 radical (unpaired) electrons. The Hall–Kier alpha value is -1.81. The van der Waals surface area contributed by atoms with E-state index in [-0.39, 0.29) is 0 Å². The molecule has 0 heterocycles. The second-order valence-electron chi connectivity index (χ2n) is 4.79. The molecular formula is C17H21ClO4. The van der Waals surface area contributed by atoms with Crippen molar-refractivity contribution in [2.24, 2.45) is 0 Å². The molecule has 5 heteroatoms. The predicted octanol–water partition coefficient (Wildman–Crippen LogP) is 4.32. The maximum Gasteiger partial charge on any atom is 0.336 e. The van der Waals surface area contributed by atoms with Crippen molar-refractivity contribution in [2.75, 3.05) is 6.61 Å². The van der Waals surface area contributed by atoms with E-state index in [2.05, 4.69) is 6.92 Å². The normalized spacial score (nSPS) is 10.6. The number of esters is 2. The second-order valence-corrected chi connectivity index (χ2v) is 5.23. The summed E-state index contributed by atoms with van der Waals surface area (Å²) < 4.78 is 9.99. The van der Waals surface area contributed by atoms with Gasteiger partial charge in [-0.05, 0) is 30.7 Å². The molecule has 4 nitrogen and oxygen atoms in total. The Bertz CT molecular complexity index is 494. The Kier molecular flexibility index (Phi) is 9.00. The summed E-state index contributed by atoms with van der Waals surface area (Å²) in [7, 11) is 0. The Morgan fingerprint density at radius 1 is 1.00 bits per heavy atom. The van der Waals surface area contributed by atoms with E-state index in [4.69, 9.17) is 21.1 Å². The van der Waals surface area contributed by atoms with Crippen LogP contribution in [0.15, 0.2) is 36.4 Å². The van der Waals surface area contributed by atoms with Gasteiger partial charge in [0.1, 0.15) is 5.75 Å². The molecule has 0 saturated heterocycles. The highest BCUT2D eigenvalue weighted by molar-refractivity contribution is 6.30. The summed E-state index contributed by atoms with van der Waals surface area (Å²) in [6.07, 6.45) is 7.54. The fourth-order valence-electron chi connectivity index (χ4n) is 1.72. The molecule has 0 N–H and O–H groups in total. The van der Waals surface area contributed by atoms with Crippen LogP contribution in [-0.4, -0.2) is 18.5 Å². The molecule has 0 saturated carbocycles. The summed E-state index contributed by atoms with van der Waals surface area (Å²) in [6, 6.07) is 6.37. The molecule has 0 bridgehead atoms. The molecule has 0 aliphatic rings. The summed E-state index contributed by atoms with van der Waals surface area (Å²) in [5.41, 5.74) is 0. The first kappa shape index (κ1) is 18.2. The van der Waals surface area contributed by atoms with Crippen molar-refractivity contribution in [2.45, 2.75) is 39.0 Å². The third kappa shape index (κ3) is 8.47. The Morgan fingerprint density at radius 3 is 2.32 bits per heavy atom. The minimum atomic E-state index is -0.637. The summed E-state index contributed by atoms with van der Waals surface area (Å²) >= 11 is 5.72. The van der Waals surface area contributed by atoms with Gasteiger partial charge in [0.25, 0.3) is 0 Å². The highest BCUT2D eigenvalue weighted by atomic mass is 35.5. The molecule has 22 heavy (non-hydrogen) atoms. The predicted molar refractivity (Wildman–Crippen MR) is 85.9 cm³/mol. The highest BCUT2D eigenvalue weighted by Gasteiger charge is 2.03. The first-order chi connectivity index (χ1) is 10.6. The van der Waals surface area contributed by atoms with Gasteiger partial charge in [0.05, 0.1) is 6.61 Å². The lowest BCUT2D eigenvalue weighted by molar-refractivity contribution is -0.138. The van der Waals surface area contributed by atoms with Crippen LogP contribution in [0.3, 0.4) is 0 Å². The lowest BCUT2D eigenvalue weighted by atomic mass is 10.2. The quantitative estimate of drug-likeness (QED) is 0.294. The van der Waals surface area contributed by atoms with Gasteiger partial charge >= 0.3 is 11.9 Å². The minimum absolute atomic E-state index is 0.364. The van der Waals surface area contributed by atoms with E-state index in [1.807, 2.05) is 0 Å². The summed E-state index contributed by atoms with van der Waals surface area (Å²) in [4.78, 5) is 22.9. The molecule has 0 spiro atoms. The van der Waals surface area contributed by atoms with E-state index in [0.717, 1.165) is 31.4 Å². The minimum Gasteiger partial charge on any atom is -0.463 e. The summed E-state index contributed by atoms with van der Waals surface area (Å²) in [6.45, 7) is 2.52. The van der Waals surface area contributed by atoms with Crippen molar-refractivity contribution in [3.05, 3.63) is 41.4 Å². The van der Waals surface area contributed by atoms with Crippen LogP contribution in [0.5, 0.6) is 5.75 Å². The molecule has 1 rings (SSSR count). The van der Waals surface area contributed by atoms with Crippen molar-refractivity contribution < 1.29 is 19.1 Å². The van der Waals surface area contributed by atoms with Gasteiger partial charge in [-0.15, -0.1) is 0 Å². The summed E-state index contributed by atoms with van der Waals surface area (Å²) in [5.74, 6) is -0.811. The fourth-order valence-corrected chi connectivity index (χ4v) is 1.84. The van der Waals surface area contributed by atoms with Crippen molar-refractivity contribution in [3.63, 3.8) is 0 Å². The third-order valence-electron chi connectivity index (χ3n) is 2.88. The average Bonchev–Trinajstić information content (AvgIpc) is 2.51. The zero-order chi connectivity index (χ0) is 16.2. The second kappa shape index (κ2) is 10.9. The lowest BCUT2D eigenvalue weighted by Crippen LogP contribution is -2.07. The van der Waals surface area contributed by atoms with Gasteiger partial charge in [0.15, 0.2) is 0 Å². The molecule has 120 valence electrons. The highest BCUT2D eigenvalue weighted by Crippen LogP contribution is 2.15. The third-order valence-corrected chi connectivity index (χ3v) is 3.13. The monoisotopic (exact) mass is 324 g/mol. The number of carbonyl (C=O) groups is 2. The van der Waals surface area contributed by atoms with Crippen molar-refractivity contribution in [1.29, 1.82) is 0 Å². The van der Waals surface area contributed by atoms with Gasteiger partial charge in [-0.1, -0.05) is 44.2 Å². The van der Waals surface area contributed by atoms with Crippen molar-refractivity contribution in [1.82, 2.24) is 0 Å². The number of hydrogen-bond donors (Lipinski definition) is 0. The van der Waals surface area contributed by atoms with Gasteiger partial charge in [0.2, 0.25) is 0 Å². The zero-order valence-corrected chi connectivity index (χ0v) is 13.5. The molecule has 0 amide bonds. The van der Waals surface area contributed by atoms with E-state index in [0.29, 0.717) is 17.4 Å². The molecule has 0 fully saturated rings. The first-order valence-electron chi connectivity index (χ1n) is 7.44. The topological polar surface area (TPSA) is 52.6 Å². The van der Waals surface area contributed by atoms with Crippen LogP contribution in [0, 0.1) is 0 Å². The van der Waals surface area contributed by atoms with Crippen LogP contribution in [0.25, 0.3) is 0 Å². The average molecular weight is 325 g/mol. The van der Waals surface area contributed by atoms with Crippen LogP contribution in [0.4, 0.5) is 0 Å². The van der Waals surface area contributed by atoms with E-state index in [1.165, 1.54) is 12.8 Å². The number of benzene rings is 1.